The van der Waals surface area contributed by atoms with E-state index in [-0.39, 0.29) is 17.2 Å². The molecule has 15 nitrogen and oxygen atoms in total. The van der Waals surface area contributed by atoms with Gasteiger partial charge >= 0.3 is 21.3 Å². The van der Waals surface area contributed by atoms with E-state index in [1.165, 1.54) is 6.20 Å². The van der Waals surface area contributed by atoms with Crippen molar-refractivity contribution >= 4 is 21.3 Å². The molecule has 4 rings (SSSR count). The SMILES string of the molecule is O=c1c(-c2cc(C3CC3)n3nccc3n2)cn(COP(=O)(O)O)c(=O)n1COP(=O)(O)O. The highest BCUT2D eigenvalue weighted by atomic mass is 31.2. The van der Waals surface area contributed by atoms with Gasteiger partial charge in [-0.3, -0.25) is 18.4 Å². The Balaban J connectivity index is 1.88. The third-order valence-electron chi connectivity index (χ3n) is 4.62. The highest BCUT2D eigenvalue weighted by Crippen LogP contribution is 2.41. The van der Waals surface area contributed by atoms with Crippen molar-refractivity contribution in [1.82, 2.24) is 23.7 Å². The van der Waals surface area contributed by atoms with E-state index in [9.17, 15) is 18.7 Å². The van der Waals surface area contributed by atoms with Gasteiger partial charge < -0.3 is 19.6 Å². The summed E-state index contributed by atoms with van der Waals surface area (Å²) in [6, 6.07) is 3.21. The summed E-state index contributed by atoms with van der Waals surface area (Å²) in [7, 11) is -10.0. The van der Waals surface area contributed by atoms with E-state index in [1.807, 2.05) is 0 Å². The number of phosphoric ester groups is 2. The van der Waals surface area contributed by atoms with Crippen LogP contribution in [-0.2, 0) is 31.6 Å². The predicted octanol–water partition coefficient (Wildman–Crippen LogP) is -0.269. The van der Waals surface area contributed by atoms with Crippen LogP contribution < -0.4 is 11.2 Å². The quantitative estimate of drug-likeness (QED) is 0.302. The molecule has 0 radical (unpaired) electrons. The molecule has 17 heteroatoms. The smallest absolute Gasteiger partial charge is 0.303 e. The van der Waals surface area contributed by atoms with E-state index in [0.717, 1.165) is 24.7 Å². The average molecular weight is 489 g/mol. The van der Waals surface area contributed by atoms with Crippen LogP contribution in [0.15, 0.2) is 34.1 Å². The van der Waals surface area contributed by atoms with Crippen molar-refractivity contribution in [3.63, 3.8) is 0 Å². The molecule has 172 valence electrons. The molecule has 1 fully saturated rings. The summed E-state index contributed by atoms with van der Waals surface area (Å²) in [6.45, 7) is -2.06. The number of fused-ring (bicyclic) bond motifs is 1. The van der Waals surface area contributed by atoms with Gasteiger partial charge in [-0.2, -0.15) is 5.10 Å². The fraction of sp³-hybridized carbons (Fsp3) is 0.333. The summed E-state index contributed by atoms with van der Waals surface area (Å²) in [4.78, 5) is 65.7. The first kappa shape index (κ1) is 22.7. The number of phosphoric acid groups is 2. The van der Waals surface area contributed by atoms with Gasteiger partial charge in [0.25, 0.3) is 5.56 Å². The van der Waals surface area contributed by atoms with Crippen LogP contribution in [0.2, 0.25) is 0 Å². The fourth-order valence-electron chi connectivity index (χ4n) is 3.05. The molecule has 32 heavy (non-hydrogen) atoms. The van der Waals surface area contributed by atoms with Gasteiger partial charge in [0.15, 0.2) is 5.65 Å². The zero-order valence-corrected chi connectivity index (χ0v) is 17.9. The number of hydrogen-bond acceptors (Lipinski definition) is 8. The van der Waals surface area contributed by atoms with Crippen LogP contribution in [0.25, 0.3) is 16.9 Å². The van der Waals surface area contributed by atoms with E-state index in [2.05, 4.69) is 19.1 Å². The summed E-state index contributed by atoms with van der Waals surface area (Å²) < 4.78 is 33.4. The maximum Gasteiger partial charge on any atom is 0.471 e. The van der Waals surface area contributed by atoms with E-state index >= 15 is 0 Å². The summed E-state index contributed by atoms with van der Waals surface area (Å²) in [5, 5.41) is 4.20. The molecular formula is C15H17N5O10P2. The predicted molar refractivity (Wildman–Crippen MR) is 105 cm³/mol. The molecule has 0 spiro atoms. The summed E-state index contributed by atoms with van der Waals surface area (Å²) in [5.41, 5.74) is -1.01. The summed E-state index contributed by atoms with van der Waals surface area (Å²) in [6.07, 6.45) is 4.35. The van der Waals surface area contributed by atoms with Crippen molar-refractivity contribution in [1.29, 1.82) is 0 Å². The topological polar surface area (TPSA) is 208 Å². The Bertz CT molecular complexity index is 1400. The third-order valence-corrected chi connectivity index (χ3v) is 5.52. The van der Waals surface area contributed by atoms with E-state index in [4.69, 9.17) is 19.6 Å². The molecule has 0 saturated heterocycles. The van der Waals surface area contributed by atoms with Crippen LogP contribution in [0.4, 0.5) is 0 Å². The molecule has 0 aliphatic heterocycles. The molecule has 1 aliphatic carbocycles. The van der Waals surface area contributed by atoms with Gasteiger partial charge in [-0.15, -0.1) is 0 Å². The molecular weight excluding hydrogens is 472 g/mol. The lowest BCUT2D eigenvalue weighted by Crippen LogP contribution is -2.41. The van der Waals surface area contributed by atoms with Crippen molar-refractivity contribution in [2.75, 3.05) is 0 Å². The van der Waals surface area contributed by atoms with Crippen molar-refractivity contribution < 1.29 is 37.8 Å². The van der Waals surface area contributed by atoms with Crippen LogP contribution in [0, 0.1) is 0 Å². The lowest BCUT2D eigenvalue weighted by atomic mass is 10.1. The number of rotatable bonds is 8. The standard InChI is InChI=1S/C15H17N5O10P2/c21-14-10(11-5-12(9-1-2-9)20-13(17-11)3-4-16-20)6-18(7-29-31(23,24)25)15(22)19(14)8-30-32(26,27)28/h3-6,9H,1-2,7-8H2,(H2,23,24,25)(H2,26,27,28). The van der Waals surface area contributed by atoms with Gasteiger partial charge in [-0.05, 0) is 18.9 Å². The van der Waals surface area contributed by atoms with Crippen LogP contribution in [-0.4, -0.2) is 43.3 Å². The molecule has 4 N–H and O–H groups in total. The van der Waals surface area contributed by atoms with Crippen molar-refractivity contribution in [2.45, 2.75) is 32.2 Å². The first-order valence-electron chi connectivity index (χ1n) is 9.02. The van der Waals surface area contributed by atoms with Crippen molar-refractivity contribution in [3.05, 3.63) is 51.1 Å². The number of hydrogen-bond donors (Lipinski definition) is 4. The van der Waals surface area contributed by atoms with Crippen molar-refractivity contribution in [3.8, 4) is 11.3 Å². The highest BCUT2D eigenvalue weighted by Gasteiger charge is 2.28. The summed E-state index contributed by atoms with van der Waals surface area (Å²) in [5.74, 6) is 0.197. The Morgan fingerprint density at radius 2 is 1.72 bits per heavy atom. The zero-order chi connectivity index (χ0) is 23.3. The van der Waals surface area contributed by atoms with Crippen LogP contribution >= 0.6 is 15.6 Å². The molecule has 3 aromatic heterocycles. The Kier molecular flexibility index (Phi) is 5.77. The first-order valence-corrected chi connectivity index (χ1v) is 12.1. The Morgan fingerprint density at radius 1 is 1.06 bits per heavy atom. The molecule has 0 aromatic carbocycles. The van der Waals surface area contributed by atoms with Gasteiger partial charge in [-0.25, -0.2) is 28.0 Å². The van der Waals surface area contributed by atoms with Crippen LogP contribution in [0.1, 0.15) is 24.5 Å². The van der Waals surface area contributed by atoms with Gasteiger partial charge in [0.05, 0.1) is 17.5 Å². The van der Waals surface area contributed by atoms with Crippen LogP contribution in [0.3, 0.4) is 0 Å². The molecule has 0 amide bonds. The Hall–Kier alpha value is -2.48. The van der Waals surface area contributed by atoms with Gasteiger partial charge in [0, 0.05) is 23.9 Å². The minimum Gasteiger partial charge on any atom is -0.303 e. The molecule has 0 unspecified atom stereocenters. The number of nitrogens with zero attached hydrogens (tertiary/aromatic N) is 5. The Labute approximate surface area is 178 Å². The fourth-order valence-corrected chi connectivity index (χ4v) is 3.59. The first-order chi connectivity index (χ1) is 14.9. The Morgan fingerprint density at radius 3 is 2.34 bits per heavy atom. The zero-order valence-electron chi connectivity index (χ0n) is 16.1. The molecule has 1 aliphatic rings. The largest absolute Gasteiger partial charge is 0.471 e. The maximum atomic E-state index is 13.0. The van der Waals surface area contributed by atoms with E-state index in [1.54, 1.807) is 16.6 Å². The highest BCUT2D eigenvalue weighted by molar-refractivity contribution is 7.46. The van der Waals surface area contributed by atoms with Gasteiger partial charge in [-0.1, -0.05) is 0 Å². The molecule has 3 aromatic rings. The third kappa shape index (κ3) is 4.95. The molecule has 1 saturated carbocycles. The molecule has 3 heterocycles. The monoisotopic (exact) mass is 489 g/mol. The van der Waals surface area contributed by atoms with Crippen molar-refractivity contribution in [2.24, 2.45) is 0 Å². The van der Waals surface area contributed by atoms with E-state index < -0.39 is 40.4 Å². The minimum absolute atomic E-state index is 0.125. The second-order valence-electron chi connectivity index (χ2n) is 6.97. The minimum atomic E-state index is -5.04. The van der Waals surface area contributed by atoms with Gasteiger partial charge in [0.2, 0.25) is 0 Å². The lowest BCUT2D eigenvalue weighted by molar-refractivity contribution is 0.135. The normalized spacial score (nSPS) is 14.9. The van der Waals surface area contributed by atoms with Gasteiger partial charge in [0.1, 0.15) is 13.5 Å². The molecule has 0 atom stereocenters. The lowest BCUT2D eigenvalue weighted by Gasteiger charge is -2.14. The number of aromatic nitrogens is 5. The summed E-state index contributed by atoms with van der Waals surface area (Å²) >= 11 is 0. The average Bonchev–Trinajstić information content (AvgIpc) is 3.42. The second-order valence-corrected chi connectivity index (χ2v) is 9.45. The second kappa shape index (κ2) is 8.14. The van der Waals surface area contributed by atoms with Crippen LogP contribution in [0.5, 0.6) is 0 Å². The van der Waals surface area contributed by atoms with E-state index in [0.29, 0.717) is 14.8 Å². The molecule has 0 bridgehead atoms. The maximum absolute atomic E-state index is 13.0.